The Bertz CT molecular complexity index is 1350. The first-order valence-electron chi connectivity index (χ1n) is 10.9. The molecule has 1 saturated heterocycles. The fraction of sp³-hybridized carbons (Fsp3) is 0.148. The minimum Gasteiger partial charge on any atom is -0.496 e. The molecule has 8 heteroatoms. The number of halogens is 2. The number of rotatable bonds is 6. The van der Waals surface area contributed by atoms with Crippen LogP contribution in [0.3, 0.4) is 0 Å². The largest absolute Gasteiger partial charge is 0.496 e. The number of carbonyl (C=O) groups excluding carboxylic acids is 3. The van der Waals surface area contributed by atoms with Crippen molar-refractivity contribution in [1.82, 2.24) is 5.32 Å². The van der Waals surface area contributed by atoms with E-state index in [1.807, 2.05) is 19.1 Å². The second-order valence-corrected chi connectivity index (χ2v) is 9.09. The lowest BCUT2D eigenvalue weighted by atomic mass is 10.00. The predicted octanol–water partition coefficient (Wildman–Crippen LogP) is 5.26. The Morgan fingerprint density at radius 3 is 2.43 bits per heavy atom. The van der Waals surface area contributed by atoms with Crippen LogP contribution in [0.1, 0.15) is 29.2 Å². The average molecular weight is 584 g/mol. The number of imide groups is 2. The lowest BCUT2D eigenvalue weighted by Crippen LogP contribution is -2.54. The number of nitrogens with zero attached hydrogens (tertiary/aromatic N) is 1. The molecule has 4 amide bonds. The molecule has 0 atom stereocenters. The van der Waals surface area contributed by atoms with Gasteiger partial charge < -0.3 is 4.74 Å². The Hall–Kier alpha value is -3.53. The molecular formula is C27H22FIN2O4. The zero-order valence-corrected chi connectivity index (χ0v) is 21.3. The third-order valence-electron chi connectivity index (χ3n) is 5.74. The maximum absolute atomic E-state index is 14.2. The van der Waals surface area contributed by atoms with E-state index in [1.165, 1.54) is 19.3 Å². The molecule has 178 valence electrons. The number of ether oxygens (including phenoxy) is 1. The van der Waals surface area contributed by atoms with Crippen molar-refractivity contribution in [1.29, 1.82) is 0 Å². The van der Waals surface area contributed by atoms with Crippen molar-refractivity contribution in [2.24, 2.45) is 0 Å². The lowest BCUT2D eigenvalue weighted by Gasteiger charge is -2.26. The van der Waals surface area contributed by atoms with Crippen molar-refractivity contribution < 1.29 is 23.5 Å². The Kier molecular flexibility index (Phi) is 7.30. The lowest BCUT2D eigenvalue weighted by molar-refractivity contribution is -0.122. The number of aryl methyl sites for hydroxylation is 1. The third-order valence-corrected chi connectivity index (χ3v) is 6.70. The molecule has 0 aromatic heterocycles. The summed E-state index contributed by atoms with van der Waals surface area (Å²) in [6.07, 6.45) is 2.56. The van der Waals surface area contributed by atoms with Crippen molar-refractivity contribution >= 4 is 52.2 Å². The third kappa shape index (κ3) is 5.12. The standard InChI is InChI=1S/C27H22FIN2O4/c1-3-16-8-10-19(11-9-16)31-26(33)21(25(32)30-27(31)34)12-17-13-23(29)20(24(14-17)35-2)15-18-6-4-5-7-22(18)28/h4-14H,3,15H2,1-2H3,(H,30,32,34)/b21-12+. The summed E-state index contributed by atoms with van der Waals surface area (Å²) in [6, 6.07) is 16.2. The van der Waals surface area contributed by atoms with E-state index < -0.39 is 17.8 Å². The molecule has 1 aliphatic rings. The Balaban J connectivity index is 1.69. The number of anilines is 1. The molecule has 0 radical (unpaired) electrons. The van der Waals surface area contributed by atoms with E-state index in [0.717, 1.165) is 26.0 Å². The van der Waals surface area contributed by atoms with Crippen LogP contribution in [-0.2, 0) is 22.4 Å². The minimum absolute atomic E-state index is 0.177. The normalized spacial score (nSPS) is 14.9. The summed E-state index contributed by atoms with van der Waals surface area (Å²) >= 11 is 2.12. The number of carbonyl (C=O) groups is 3. The fourth-order valence-corrected chi connectivity index (χ4v) is 4.66. The number of hydrogen-bond donors (Lipinski definition) is 1. The number of methoxy groups -OCH3 is 1. The van der Waals surface area contributed by atoms with Crippen LogP contribution >= 0.6 is 22.6 Å². The molecule has 35 heavy (non-hydrogen) atoms. The SMILES string of the molecule is CCc1ccc(N2C(=O)NC(=O)/C(=C\c3cc(I)c(Cc4ccccc4F)c(OC)c3)C2=O)cc1. The average Bonchev–Trinajstić information content (AvgIpc) is 2.84. The van der Waals surface area contributed by atoms with Crippen LogP contribution in [-0.4, -0.2) is 25.0 Å². The number of benzene rings is 3. The predicted molar refractivity (Wildman–Crippen MR) is 140 cm³/mol. The second kappa shape index (κ2) is 10.4. The van der Waals surface area contributed by atoms with E-state index in [9.17, 15) is 18.8 Å². The maximum atomic E-state index is 14.2. The summed E-state index contributed by atoms with van der Waals surface area (Å²) in [6.45, 7) is 2.00. The molecule has 1 aliphatic heterocycles. The first-order valence-corrected chi connectivity index (χ1v) is 12.0. The second-order valence-electron chi connectivity index (χ2n) is 7.93. The monoisotopic (exact) mass is 584 g/mol. The zero-order chi connectivity index (χ0) is 25.1. The van der Waals surface area contributed by atoms with Gasteiger partial charge in [0.15, 0.2) is 0 Å². The molecule has 3 aromatic rings. The summed E-state index contributed by atoms with van der Waals surface area (Å²) < 4.78 is 20.5. The van der Waals surface area contributed by atoms with E-state index in [1.54, 1.807) is 42.5 Å². The van der Waals surface area contributed by atoms with Gasteiger partial charge in [0.2, 0.25) is 0 Å². The molecule has 0 bridgehead atoms. The van der Waals surface area contributed by atoms with Gasteiger partial charge in [0.05, 0.1) is 12.8 Å². The molecular weight excluding hydrogens is 562 g/mol. The Morgan fingerprint density at radius 2 is 1.77 bits per heavy atom. The highest BCUT2D eigenvalue weighted by molar-refractivity contribution is 14.1. The first-order chi connectivity index (χ1) is 16.8. The van der Waals surface area contributed by atoms with Crippen molar-refractivity contribution in [3.05, 3.63) is 97.9 Å². The minimum atomic E-state index is -0.797. The van der Waals surface area contributed by atoms with Crippen molar-refractivity contribution in [3.8, 4) is 5.75 Å². The Morgan fingerprint density at radius 1 is 1.06 bits per heavy atom. The maximum Gasteiger partial charge on any atom is 0.335 e. The van der Waals surface area contributed by atoms with Crippen molar-refractivity contribution in [2.75, 3.05) is 12.0 Å². The summed E-state index contributed by atoms with van der Waals surface area (Å²) in [5.74, 6) is -1.30. The molecule has 0 saturated carbocycles. The van der Waals surface area contributed by atoms with Crippen LogP contribution in [0.2, 0.25) is 0 Å². The van der Waals surface area contributed by atoms with Gasteiger partial charge in [-0.1, -0.05) is 37.3 Å². The first kappa shape index (κ1) is 24.6. The zero-order valence-electron chi connectivity index (χ0n) is 19.1. The molecule has 0 spiro atoms. The number of amides is 4. The van der Waals surface area contributed by atoms with Crippen LogP contribution in [0.15, 0.2) is 66.2 Å². The van der Waals surface area contributed by atoms with Gasteiger partial charge in [-0.2, -0.15) is 0 Å². The van der Waals surface area contributed by atoms with Crippen LogP contribution in [0.5, 0.6) is 5.75 Å². The van der Waals surface area contributed by atoms with E-state index in [4.69, 9.17) is 4.74 Å². The van der Waals surface area contributed by atoms with Crippen LogP contribution < -0.4 is 15.0 Å². The topological polar surface area (TPSA) is 75.7 Å². The molecule has 0 unspecified atom stereocenters. The van der Waals surface area contributed by atoms with Crippen molar-refractivity contribution in [3.63, 3.8) is 0 Å². The van der Waals surface area contributed by atoms with Gasteiger partial charge in [0.25, 0.3) is 11.8 Å². The van der Waals surface area contributed by atoms with Gasteiger partial charge in [-0.3, -0.25) is 14.9 Å². The van der Waals surface area contributed by atoms with Gasteiger partial charge in [-0.15, -0.1) is 0 Å². The molecule has 0 aliphatic carbocycles. The van der Waals surface area contributed by atoms with E-state index >= 15 is 0 Å². The van der Waals surface area contributed by atoms with E-state index in [2.05, 4.69) is 27.9 Å². The number of hydrogen-bond acceptors (Lipinski definition) is 4. The summed E-state index contributed by atoms with van der Waals surface area (Å²) in [7, 11) is 1.51. The number of urea groups is 1. The van der Waals surface area contributed by atoms with Crippen molar-refractivity contribution in [2.45, 2.75) is 19.8 Å². The number of nitrogens with one attached hydrogen (secondary N) is 1. The van der Waals surface area contributed by atoms with E-state index in [0.29, 0.717) is 29.0 Å². The quantitative estimate of drug-likeness (QED) is 0.244. The summed E-state index contributed by atoms with van der Waals surface area (Å²) in [5.41, 5.74) is 3.10. The molecule has 4 rings (SSSR count). The molecule has 1 N–H and O–H groups in total. The summed E-state index contributed by atoms with van der Waals surface area (Å²) in [5, 5.41) is 2.23. The van der Waals surface area contributed by atoms with Crippen LogP contribution in [0.4, 0.5) is 14.9 Å². The highest BCUT2D eigenvalue weighted by atomic mass is 127. The smallest absolute Gasteiger partial charge is 0.335 e. The molecule has 6 nitrogen and oxygen atoms in total. The molecule has 3 aromatic carbocycles. The highest BCUT2D eigenvalue weighted by Crippen LogP contribution is 2.31. The van der Waals surface area contributed by atoms with Crippen LogP contribution in [0.25, 0.3) is 6.08 Å². The van der Waals surface area contributed by atoms with Gasteiger partial charge in [0.1, 0.15) is 17.1 Å². The number of barbiturate groups is 1. The van der Waals surface area contributed by atoms with Gasteiger partial charge in [0, 0.05) is 15.6 Å². The summed E-state index contributed by atoms with van der Waals surface area (Å²) in [4.78, 5) is 39.2. The highest BCUT2D eigenvalue weighted by Gasteiger charge is 2.36. The van der Waals surface area contributed by atoms with Gasteiger partial charge >= 0.3 is 6.03 Å². The van der Waals surface area contributed by atoms with Crippen LogP contribution in [0, 0.1) is 9.39 Å². The molecule has 1 fully saturated rings. The van der Waals surface area contributed by atoms with Gasteiger partial charge in [-0.05, 0) is 82.1 Å². The van der Waals surface area contributed by atoms with Gasteiger partial charge in [-0.25, -0.2) is 14.1 Å². The van der Waals surface area contributed by atoms with E-state index in [-0.39, 0.29) is 11.4 Å². The Labute approximate surface area is 215 Å². The fourth-order valence-electron chi connectivity index (χ4n) is 3.84. The molecule has 1 heterocycles.